The van der Waals surface area contributed by atoms with E-state index in [1.165, 1.54) is 6.07 Å². The zero-order valence-electron chi connectivity index (χ0n) is 11.3. The van der Waals surface area contributed by atoms with Crippen LogP contribution in [0.1, 0.15) is 17.5 Å². The fourth-order valence-electron chi connectivity index (χ4n) is 2.62. The molecule has 0 saturated heterocycles. The number of hydrogen-bond donors (Lipinski definition) is 1. The lowest BCUT2D eigenvalue weighted by molar-refractivity contribution is 0.317. The summed E-state index contributed by atoms with van der Waals surface area (Å²) in [5, 5.41) is 12.5. The van der Waals surface area contributed by atoms with Gasteiger partial charge in [-0.1, -0.05) is 29.4 Å². The first kappa shape index (κ1) is 14.1. The van der Waals surface area contributed by atoms with Crippen molar-refractivity contribution in [3.8, 4) is 0 Å². The minimum atomic E-state index is -0.257. The summed E-state index contributed by atoms with van der Waals surface area (Å²) in [4.78, 5) is 2.21. The Balaban J connectivity index is 1.91. The minimum Gasteiger partial charge on any atom is -0.411 e. The van der Waals surface area contributed by atoms with Crippen LogP contribution in [0.3, 0.4) is 0 Å². The summed E-state index contributed by atoms with van der Waals surface area (Å²) in [6, 6.07) is 12.9. The predicted octanol–water partition coefficient (Wildman–Crippen LogP) is 4.18. The van der Waals surface area contributed by atoms with Crippen molar-refractivity contribution in [2.24, 2.45) is 5.16 Å². The summed E-state index contributed by atoms with van der Waals surface area (Å²) in [5.41, 5.74) is 3.73. The fraction of sp³-hybridized carbons (Fsp3) is 0.188. The number of fused-ring (bicyclic) bond motifs is 1. The Labute approximate surface area is 130 Å². The van der Waals surface area contributed by atoms with Crippen LogP contribution in [0, 0.1) is 5.82 Å². The van der Waals surface area contributed by atoms with Gasteiger partial charge in [0.05, 0.1) is 10.2 Å². The maximum Gasteiger partial charge on any atom is 0.137 e. The number of rotatable bonds is 2. The molecule has 0 bridgehead atoms. The van der Waals surface area contributed by atoms with Crippen LogP contribution in [-0.4, -0.2) is 17.5 Å². The summed E-state index contributed by atoms with van der Waals surface area (Å²) < 4.78 is 13.8. The van der Waals surface area contributed by atoms with E-state index in [4.69, 9.17) is 5.21 Å². The van der Waals surface area contributed by atoms with E-state index in [0.29, 0.717) is 23.1 Å². The van der Waals surface area contributed by atoms with Gasteiger partial charge in [-0.2, -0.15) is 0 Å². The average Bonchev–Trinajstić information content (AvgIpc) is 2.51. The van der Waals surface area contributed by atoms with Crippen molar-refractivity contribution in [1.82, 2.24) is 0 Å². The maximum atomic E-state index is 13.3. The Morgan fingerprint density at radius 3 is 2.81 bits per heavy atom. The SMILES string of the molecule is ON=C1CCN(Cc2ccc(F)c(Br)c2)c2ccccc21. The molecule has 2 aromatic rings. The molecular formula is C16H14BrFN2O. The van der Waals surface area contributed by atoms with Crippen LogP contribution in [0.2, 0.25) is 0 Å². The first-order valence-corrected chi connectivity index (χ1v) is 7.47. The molecule has 1 heterocycles. The number of benzene rings is 2. The minimum absolute atomic E-state index is 0.257. The lowest BCUT2D eigenvalue weighted by atomic mass is 9.99. The third kappa shape index (κ3) is 2.78. The van der Waals surface area contributed by atoms with Crippen LogP contribution in [0.4, 0.5) is 10.1 Å². The van der Waals surface area contributed by atoms with E-state index in [1.54, 1.807) is 12.1 Å². The molecular weight excluding hydrogens is 335 g/mol. The molecule has 0 spiro atoms. The van der Waals surface area contributed by atoms with E-state index < -0.39 is 0 Å². The fourth-order valence-corrected chi connectivity index (χ4v) is 3.04. The molecule has 3 rings (SSSR count). The molecule has 0 aliphatic carbocycles. The average molecular weight is 349 g/mol. The normalized spacial score (nSPS) is 16.1. The van der Waals surface area contributed by atoms with Gasteiger partial charge in [0.15, 0.2) is 0 Å². The third-order valence-corrected chi connectivity index (χ3v) is 4.26. The first-order valence-electron chi connectivity index (χ1n) is 6.68. The van der Waals surface area contributed by atoms with Gasteiger partial charge in [0.25, 0.3) is 0 Å². The van der Waals surface area contributed by atoms with Gasteiger partial charge >= 0.3 is 0 Å². The number of halogens is 2. The Kier molecular flexibility index (Phi) is 3.92. The standard InChI is InChI=1S/C16H14BrFN2O/c17-13-9-11(5-6-14(13)18)10-20-8-7-15(19-21)12-3-1-2-4-16(12)20/h1-6,9,21H,7-8,10H2. The molecule has 0 atom stereocenters. The van der Waals surface area contributed by atoms with Gasteiger partial charge in [0, 0.05) is 30.8 Å². The highest BCUT2D eigenvalue weighted by molar-refractivity contribution is 9.10. The van der Waals surface area contributed by atoms with Gasteiger partial charge in [-0.3, -0.25) is 0 Å². The van der Waals surface area contributed by atoms with E-state index in [2.05, 4.69) is 26.0 Å². The van der Waals surface area contributed by atoms with Crippen molar-refractivity contribution in [3.63, 3.8) is 0 Å². The van der Waals surface area contributed by atoms with Crippen molar-refractivity contribution >= 4 is 27.3 Å². The zero-order chi connectivity index (χ0) is 14.8. The lowest BCUT2D eigenvalue weighted by Gasteiger charge is -2.31. The molecule has 2 aromatic carbocycles. The summed E-state index contributed by atoms with van der Waals surface area (Å²) in [5.74, 6) is -0.257. The Morgan fingerprint density at radius 1 is 1.24 bits per heavy atom. The van der Waals surface area contributed by atoms with E-state index in [1.807, 2.05) is 24.3 Å². The van der Waals surface area contributed by atoms with Crippen molar-refractivity contribution in [2.45, 2.75) is 13.0 Å². The van der Waals surface area contributed by atoms with Crippen LogP contribution in [0.5, 0.6) is 0 Å². The molecule has 5 heteroatoms. The molecule has 0 aromatic heterocycles. The second kappa shape index (κ2) is 5.85. The molecule has 21 heavy (non-hydrogen) atoms. The van der Waals surface area contributed by atoms with Crippen LogP contribution in [0.25, 0.3) is 0 Å². The molecule has 0 radical (unpaired) electrons. The van der Waals surface area contributed by atoms with Gasteiger partial charge in [0.1, 0.15) is 5.82 Å². The number of nitrogens with zero attached hydrogens (tertiary/aromatic N) is 2. The molecule has 1 aliphatic rings. The van der Waals surface area contributed by atoms with Crippen LogP contribution in [-0.2, 0) is 6.54 Å². The molecule has 0 unspecified atom stereocenters. The number of para-hydroxylation sites is 1. The van der Waals surface area contributed by atoms with Crippen molar-refractivity contribution in [1.29, 1.82) is 0 Å². The Bertz CT molecular complexity index is 702. The summed E-state index contributed by atoms with van der Waals surface area (Å²) >= 11 is 3.22. The summed E-state index contributed by atoms with van der Waals surface area (Å²) in [7, 11) is 0. The van der Waals surface area contributed by atoms with Crippen molar-refractivity contribution in [2.75, 3.05) is 11.4 Å². The highest BCUT2D eigenvalue weighted by Crippen LogP contribution is 2.29. The molecule has 0 fully saturated rings. The summed E-state index contributed by atoms with van der Waals surface area (Å²) in [6.07, 6.45) is 0.690. The molecule has 0 amide bonds. The number of anilines is 1. The van der Waals surface area contributed by atoms with E-state index >= 15 is 0 Å². The van der Waals surface area contributed by atoms with Crippen LogP contribution < -0.4 is 4.90 Å². The molecule has 3 nitrogen and oxygen atoms in total. The second-order valence-corrected chi connectivity index (χ2v) is 5.84. The van der Waals surface area contributed by atoms with E-state index in [9.17, 15) is 4.39 Å². The lowest BCUT2D eigenvalue weighted by Crippen LogP contribution is -2.31. The monoisotopic (exact) mass is 348 g/mol. The highest BCUT2D eigenvalue weighted by atomic mass is 79.9. The molecule has 1 aliphatic heterocycles. The maximum absolute atomic E-state index is 13.3. The van der Waals surface area contributed by atoms with Gasteiger partial charge in [-0.05, 0) is 39.7 Å². The highest BCUT2D eigenvalue weighted by Gasteiger charge is 2.21. The van der Waals surface area contributed by atoms with Crippen molar-refractivity contribution in [3.05, 3.63) is 63.9 Å². The Hall–Kier alpha value is -1.88. The van der Waals surface area contributed by atoms with Gasteiger partial charge in [0.2, 0.25) is 0 Å². The molecule has 0 saturated carbocycles. The van der Waals surface area contributed by atoms with Gasteiger partial charge in [-0.25, -0.2) is 4.39 Å². The third-order valence-electron chi connectivity index (χ3n) is 3.65. The number of hydrogen-bond acceptors (Lipinski definition) is 3. The quantitative estimate of drug-likeness (QED) is 0.652. The Morgan fingerprint density at radius 2 is 2.05 bits per heavy atom. The topological polar surface area (TPSA) is 35.8 Å². The second-order valence-electron chi connectivity index (χ2n) is 4.98. The molecule has 1 N–H and O–H groups in total. The summed E-state index contributed by atoms with van der Waals surface area (Å²) in [6.45, 7) is 1.46. The molecule has 108 valence electrons. The van der Waals surface area contributed by atoms with E-state index in [-0.39, 0.29) is 5.82 Å². The largest absolute Gasteiger partial charge is 0.411 e. The van der Waals surface area contributed by atoms with Gasteiger partial charge in [-0.15, -0.1) is 0 Å². The predicted molar refractivity (Wildman–Crippen MR) is 84.5 cm³/mol. The first-order chi connectivity index (χ1) is 10.2. The number of oxime groups is 1. The van der Waals surface area contributed by atoms with Crippen LogP contribution >= 0.6 is 15.9 Å². The smallest absolute Gasteiger partial charge is 0.137 e. The van der Waals surface area contributed by atoms with E-state index in [0.717, 1.165) is 23.4 Å². The van der Waals surface area contributed by atoms with Crippen molar-refractivity contribution < 1.29 is 9.60 Å². The zero-order valence-corrected chi connectivity index (χ0v) is 12.8. The van der Waals surface area contributed by atoms with Crippen LogP contribution in [0.15, 0.2) is 52.1 Å². The van der Waals surface area contributed by atoms with Gasteiger partial charge < -0.3 is 10.1 Å².